The first kappa shape index (κ1) is 32.4. The first-order valence-corrected chi connectivity index (χ1v) is 17.9. The fraction of sp³-hybridized carbons (Fsp3) is 0.531. The third-order valence-electron chi connectivity index (χ3n) is 8.48. The predicted octanol–water partition coefficient (Wildman–Crippen LogP) is 1.54. The lowest BCUT2D eigenvalue weighted by molar-refractivity contribution is 0.00694. The highest BCUT2D eigenvalue weighted by Crippen LogP contribution is 2.28. The fourth-order valence-corrected chi connectivity index (χ4v) is 7.18. The molecule has 0 bridgehead atoms. The van der Waals surface area contributed by atoms with Crippen LogP contribution in [0.4, 0.5) is 5.69 Å². The van der Waals surface area contributed by atoms with E-state index in [0.717, 1.165) is 51.1 Å². The number of rotatable bonds is 10. The molecule has 2 aliphatic carbocycles. The zero-order valence-corrected chi connectivity index (χ0v) is 27.3. The molecule has 1 aromatic heterocycles. The van der Waals surface area contributed by atoms with Crippen molar-refractivity contribution in [2.75, 3.05) is 51.0 Å². The van der Waals surface area contributed by atoms with Crippen LogP contribution in [-0.4, -0.2) is 89.1 Å². The molecular weight excluding hydrogens is 592 g/mol. The third kappa shape index (κ3) is 8.20. The first-order chi connectivity index (χ1) is 21.2. The van der Waals surface area contributed by atoms with Crippen LogP contribution in [0, 0.1) is 23.2 Å². The Balaban J connectivity index is 1.32. The molecule has 0 spiro atoms. The van der Waals surface area contributed by atoms with Crippen molar-refractivity contribution in [1.82, 2.24) is 14.8 Å². The lowest BCUT2D eigenvalue weighted by atomic mass is 9.89. The van der Waals surface area contributed by atoms with Crippen LogP contribution in [0.2, 0.25) is 0 Å². The quantitative estimate of drug-likeness (QED) is 0.231. The van der Waals surface area contributed by atoms with Gasteiger partial charge in [0.15, 0.2) is 16.4 Å². The van der Waals surface area contributed by atoms with E-state index in [1.165, 1.54) is 54.1 Å². The third-order valence-corrected chi connectivity index (χ3v) is 9.80. The smallest absolute Gasteiger partial charge is 0.175 e. The van der Waals surface area contributed by atoms with Gasteiger partial charge in [0, 0.05) is 60.3 Å². The number of benzene rings is 1. The van der Waals surface area contributed by atoms with Crippen molar-refractivity contribution in [2.45, 2.75) is 67.6 Å². The normalized spacial score (nSPS) is 21.2. The van der Waals surface area contributed by atoms with E-state index in [1.807, 2.05) is 6.07 Å². The van der Waals surface area contributed by atoms with Gasteiger partial charge in [-0.15, -0.1) is 9.24 Å². The topological polar surface area (TPSA) is 109 Å². The SMILES string of the molecule is [B]C(P)Cn1c(C#CCNc2ccc(S(C)(=O)=O)cc2OCC#N)cc2c1=CCCC=2NC1CCC(N2CCOCC2)CC1. The predicted molar refractivity (Wildman–Crippen MR) is 178 cm³/mol. The van der Waals surface area contributed by atoms with E-state index in [4.69, 9.17) is 22.6 Å². The van der Waals surface area contributed by atoms with E-state index >= 15 is 0 Å². The van der Waals surface area contributed by atoms with E-state index in [-0.39, 0.29) is 17.1 Å². The molecule has 5 rings (SSSR count). The van der Waals surface area contributed by atoms with Crippen molar-refractivity contribution in [1.29, 1.82) is 5.26 Å². The van der Waals surface area contributed by atoms with Crippen molar-refractivity contribution >= 4 is 44.4 Å². The summed E-state index contributed by atoms with van der Waals surface area (Å²) < 4.78 is 37.2. The summed E-state index contributed by atoms with van der Waals surface area (Å²) in [5.74, 6) is 6.83. The molecule has 12 heteroatoms. The van der Waals surface area contributed by atoms with E-state index in [9.17, 15) is 8.42 Å². The number of ether oxygens (including phenoxy) is 2. The average Bonchev–Trinajstić information content (AvgIpc) is 3.36. The fourth-order valence-electron chi connectivity index (χ4n) is 6.33. The van der Waals surface area contributed by atoms with E-state index in [1.54, 1.807) is 6.07 Å². The number of nitriles is 1. The highest BCUT2D eigenvalue weighted by atomic mass is 32.2. The van der Waals surface area contributed by atoms with Gasteiger partial charge in [0.1, 0.15) is 11.8 Å². The lowest BCUT2D eigenvalue weighted by Crippen LogP contribution is -2.47. The summed E-state index contributed by atoms with van der Waals surface area (Å²) in [7, 11) is 5.49. The summed E-state index contributed by atoms with van der Waals surface area (Å²) in [4.78, 5) is 2.73. The largest absolute Gasteiger partial charge is 0.477 e. The number of hydrogen-bond acceptors (Lipinski definition) is 8. The summed E-state index contributed by atoms with van der Waals surface area (Å²) in [5.41, 5.74) is 2.65. The summed E-state index contributed by atoms with van der Waals surface area (Å²) in [6.07, 6.45) is 10.2. The Morgan fingerprint density at radius 3 is 2.68 bits per heavy atom. The van der Waals surface area contributed by atoms with Gasteiger partial charge in [0.25, 0.3) is 0 Å². The maximum atomic E-state index is 12.0. The summed E-state index contributed by atoms with van der Waals surface area (Å²) in [6, 6.07) is 9.82. The highest BCUT2D eigenvalue weighted by Gasteiger charge is 2.27. The maximum Gasteiger partial charge on any atom is 0.175 e. The van der Waals surface area contributed by atoms with Gasteiger partial charge in [-0.1, -0.05) is 12.0 Å². The van der Waals surface area contributed by atoms with Gasteiger partial charge in [-0.3, -0.25) is 4.90 Å². The van der Waals surface area contributed by atoms with Gasteiger partial charge in [0.2, 0.25) is 0 Å². The number of sulfone groups is 1. The number of fused-ring (bicyclic) bond motifs is 1. The van der Waals surface area contributed by atoms with Crippen molar-refractivity contribution in [2.24, 2.45) is 0 Å². The van der Waals surface area contributed by atoms with Gasteiger partial charge < -0.3 is 24.7 Å². The van der Waals surface area contributed by atoms with E-state index < -0.39 is 9.84 Å². The molecule has 2 atom stereocenters. The first-order valence-electron chi connectivity index (χ1n) is 15.3. The minimum atomic E-state index is -3.42. The molecule has 232 valence electrons. The molecule has 2 N–H and O–H groups in total. The molecule has 1 aromatic carbocycles. The minimum Gasteiger partial charge on any atom is -0.477 e. The van der Waals surface area contributed by atoms with Gasteiger partial charge in [0.05, 0.1) is 43.9 Å². The molecule has 1 saturated heterocycles. The summed E-state index contributed by atoms with van der Waals surface area (Å²) in [5, 5.41) is 18.5. The number of aromatic nitrogens is 1. The van der Waals surface area contributed by atoms with Crippen LogP contribution in [0.15, 0.2) is 29.2 Å². The van der Waals surface area contributed by atoms with Crippen molar-refractivity contribution in [3.63, 3.8) is 0 Å². The standard InChI is InChI=1S/C32H41BN5O4PS/c1-44(39,40)26-11-12-29(31(21-26)42-17-13-34)35-14-3-4-25-20-27-28(5-2-6-30(27)38(25)22-32(33)43)36-23-7-9-24(10-8-23)37-15-18-41-19-16-37/h6,11-12,20-21,23-24,32,35-36H,2,5,7-10,14-19,22,43H2,1H3. The lowest BCUT2D eigenvalue weighted by Gasteiger charge is -2.39. The molecule has 2 fully saturated rings. The van der Waals surface area contributed by atoms with Gasteiger partial charge >= 0.3 is 0 Å². The van der Waals surface area contributed by atoms with E-state index in [2.05, 4.69) is 53.3 Å². The Morgan fingerprint density at radius 1 is 1.20 bits per heavy atom. The Hall–Kier alpha value is -2.95. The van der Waals surface area contributed by atoms with Gasteiger partial charge in [-0.25, -0.2) is 8.42 Å². The number of anilines is 1. The van der Waals surface area contributed by atoms with Crippen LogP contribution in [0.25, 0.3) is 11.8 Å². The molecule has 0 amide bonds. The molecule has 3 aliphatic rings. The van der Waals surface area contributed by atoms with Crippen LogP contribution in [0.5, 0.6) is 5.75 Å². The number of nitrogens with zero attached hydrogens (tertiary/aromatic N) is 3. The molecule has 1 saturated carbocycles. The van der Waals surface area contributed by atoms with Crippen LogP contribution in [0.3, 0.4) is 0 Å². The molecule has 2 radical (unpaired) electrons. The van der Waals surface area contributed by atoms with Gasteiger partial charge in [-0.2, -0.15) is 5.26 Å². The monoisotopic (exact) mass is 633 g/mol. The minimum absolute atomic E-state index is 0.111. The number of morpholine rings is 1. The zero-order chi connectivity index (χ0) is 31.1. The Kier molecular flexibility index (Phi) is 11.0. The summed E-state index contributed by atoms with van der Waals surface area (Å²) in [6.45, 7) is 4.54. The maximum absolute atomic E-state index is 12.0. The van der Waals surface area contributed by atoms with Crippen molar-refractivity contribution in [3.05, 3.63) is 40.5 Å². The number of hydrogen-bond donors (Lipinski definition) is 2. The van der Waals surface area contributed by atoms with E-state index in [0.29, 0.717) is 36.6 Å². The van der Waals surface area contributed by atoms with Crippen molar-refractivity contribution in [3.8, 4) is 23.7 Å². The molecule has 2 heterocycles. The van der Waals surface area contributed by atoms with Gasteiger partial charge in [-0.05, 0) is 68.2 Å². The number of nitrogens with one attached hydrogen (secondary N) is 2. The Labute approximate surface area is 264 Å². The van der Waals surface area contributed by atoms with Crippen LogP contribution in [0.1, 0.15) is 44.2 Å². The second kappa shape index (κ2) is 14.9. The van der Waals surface area contributed by atoms with Crippen LogP contribution < -0.4 is 25.9 Å². The zero-order valence-electron chi connectivity index (χ0n) is 25.3. The Morgan fingerprint density at radius 2 is 1.98 bits per heavy atom. The van der Waals surface area contributed by atoms with Crippen LogP contribution in [-0.2, 0) is 21.1 Å². The molecule has 2 unspecified atom stereocenters. The summed E-state index contributed by atoms with van der Waals surface area (Å²) >= 11 is 0. The average molecular weight is 634 g/mol. The molecular formula is C32H41BN5O4PS. The Bertz CT molecular complexity index is 1660. The molecule has 1 aliphatic heterocycles. The highest BCUT2D eigenvalue weighted by molar-refractivity contribution is 7.90. The second-order valence-electron chi connectivity index (χ2n) is 11.7. The molecule has 2 aromatic rings. The van der Waals surface area contributed by atoms with Crippen molar-refractivity contribution < 1.29 is 17.9 Å². The van der Waals surface area contributed by atoms with Crippen LogP contribution >= 0.6 is 9.24 Å². The molecule has 9 nitrogen and oxygen atoms in total. The molecule has 44 heavy (non-hydrogen) atoms. The second-order valence-corrected chi connectivity index (χ2v) is 14.5.